The first kappa shape index (κ1) is 9.28. The fourth-order valence-corrected chi connectivity index (χ4v) is 2.78. The Kier molecular flexibility index (Phi) is 2.02. The molecule has 0 N–H and O–H groups in total. The van der Waals surface area contributed by atoms with Crippen LogP contribution in [0.3, 0.4) is 0 Å². The van der Waals surface area contributed by atoms with E-state index in [0.717, 1.165) is 10.4 Å². The monoisotopic (exact) mass is 265 g/mol. The van der Waals surface area contributed by atoms with E-state index in [2.05, 4.69) is 32.6 Å². The summed E-state index contributed by atoms with van der Waals surface area (Å²) in [6.45, 7) is 0. The topological polar surface area (TPSA) is 14.2 Å². The predicted molar refractivity (Wildman–Crippen MR) is 64.5 cm³/mol. The molecule has 15 heavy (non-hydrogen) atoms. The zero-order valence-electron chi connectivity index (χ0n) is 8.53. The predicted octanol–water partition coefficient (Wildman–Crippen LogP) is 3.75. The smallest absolute Gasteiger partial charge is 0.128 e. The molecule has 0 bridgehead atoms. The summed E-state index contributed by atoms with van der Waals surface area (Å²) in [6.07, 6.45) is 2.58. The third kappa shape index (κ3) is 1.37. The van der Waals surface area contributed by atoms with Gasteiger partial charge in [-0.1, -0.05) is 6.07 Å². The van der Waals surface area contributed by atoms with Gasteiger partial charge in [-0.2, -0.15) is 0 Å². The lowest BCUT2D eigenvalue weighted by molar-refractivity contribution is 0.420. The van der Waals surface area contributed by atoms with Crippen LogP contribution in [-0.4, -0.2) is 11.7 Å². The van der Waals surface area contributed by atoms with E-state index in [1.54, 1.807) is 7.11 Å². The third-order valence-electron chi connectivity index (χ3n) is 2.93. The first-order valence-electron chi connectivity index (χ1n) is 5.14. The summed E-state index contributed by atoms with van der Waals surface area (Å²) in [7, 11) is 1.72. The van der Waals surface area contributed by atoms with Gasteiger partial charge in [0.15, 0.2) is 0 Å². The molecule has 0 atom stereocenters. The van der Waals surface area contributed by atoms with Gasteiger partial charge >= 0.3 is 0 Å². The highest BCUT2D eigenvalue weighted by atomic mass is 79.9. The van der Waals surface area contributed by atoms with Crippen molar-refractivity contribution < 1.29 is 4.74 Å². The summed E-state index contributed by atoms with van der Waals surface area (Å²) in [6, 6.07) is 9.04. The van der Waals surface area contributed by atoms with Gasteiger partial charge in [-0.25, -0.2) is 0 Å². The largest absolute Gasteiger partial charge is 0.496 e. The van der Waals surface area contributed by atoms with Gasteiger partial charge < -0.3 is 9.30 Å². The zero-order valence-corrected chi connectivity index (χ0v) is 10.1. The number of nitrogens with zero attached hydrogens (tertiary/aromatic N) is 1. The minimum atomic E-state index is 0.684. The number of fused-ring (bicyclic) bond motifs is 1. The Bertz CT molecular complexity index is 514. The number of aromatic nitrogens is 1. The first-order chi connectivity index (χ1) is 7.31. The molecule has 2 nitrogen and oxygen atoms in total. The minimum absolute atomic E-state index is 0.684. The fraction of sp³-hybridized carbons (Fsp3) is 0.333. The van der Waals surface area contributed by atoms with Gasteiger partial charge in [-0.3, -0.25) is 0 Å². The van der Waals surface area contributed by atoms with Crippen molar-refractivity contribution in [2.45, 2.75) is 18.9 Å². The molecule has 0 spiro atoms. The second-order valence-electron chi connectivity index (χ2n) is 3.96. The highest BCUT2D eigenvalue weighted by Crippen LogP contribution is 2.42. The lowest BCUT2D eigenvalue weighted by Crippen LogP contribution is -1.93. The van der Waals surface area contributed by atoms with Crippen LogP contribution in [0.25, 0.3) is 10.9 Å². The number of rotatable bonds is 2. The van der Waals surface area contributed by atoms with Crippen molar-refractivity contribution in [3.63, 3.8) is 0 Å². The van der Waals surface area contributed by atoms with Crippen LogP contribution in [0.2, 0.25) is 0 Å². The molecule has 78 valence electrons. The van der Waals surface area contributed by atoms with Gasteiger partial charge in [-0.15, -0.1) is 0 Å². The molecule has 1 saturated carbocycles. The van der Waals surface area contributed by atoms with Crippen molar-refractivity contribution in [2.24, 2.45) is 0 Å². The summed E-state index contributed by atoms with van der Waals surface area (Å²) >= 11 is 3.62. The summed E-state index contributed by atoms with van der Waals surface area (Å²) in [5.74, 6) is 0.951. The molecular weight excluding hydrogens is 254 g/mol. The quantitative estimate of drug-likeness (QED) is 0.807. The number of benzene rings is 1. The minimum Gasteiger partial charge on any atom is -0.496 e. The number of hydrogen-bond acceptors (Lipinski definition) is 1. The van der Waals surface area contributed by atoms with Crippen molar-refractivity contribution in [3.05, 3.63) is 28.9 Å². The first-order valence-corrected chi connectivity index (χ1v) is 5.94. The van der Waals surface area contributed by atoms with E-state index in [-0.39, 0.29) is 0 Å². The van der Waals surface area contributed by atoms with Crippen LogP contribution in [0.5, 0.6) is 5.75 Å². The van der Waals surface area contributed by atoms with Gasteiger partial charge in [0.2, 0.25) is 0 Å². The van der Waals surface area contributed by atoms with E-state index in [1.807, 2.05) is 12.1 Å². The molecule has 1 heterocycles. The fourth-order valence-electron chi connectivity index (χ4n) is 2.07. The van der Waals surface area contributed by atoms with Crippen molar-refractivity contribution >= 4 is 26.8 Å². The summed E-state index contributed by atoms with van der Waals surface area (Å²) in [5, 5.41) is 1.19. The van der Waals surface area contributed by atoms with Crippen LogP contribution in [0.15, 0.2) is 28.9 Å². The molecule has 0 aliphatic heterocycles. The van der Waals surface area contributed by atoms with E-state index in [4.69, 9.17) is 4.74 Å². The second-order valence-corrected chi connectivity index (χ2v) is 4.77. The molecule has 1 aromatic heterocycles. The molecule has 1 aliphatic rings. The van der Waals surface area contributed by atoms with Gasteiger partial charge in [0, 0.05) is 11.4 Å². The summed E-state index contributed by atoms with van der Waals surface area (Å²) in [4.78, 5) is 0. The number of ether oxygens (including phenoxy) is 1. The summed E-state index contributed by atoms with van der Waals surface area (Å²) < 4.78 is 8.88. The lowest BCUT2D eigenvalue weighted by atomic mass is 10.2. The van der Waals surface area contributed by atoms with Crippen molar-refractivity contribution in [2.75, 3.05) is 7.11 Å². The standard InChI is InChI=1S/C12H12BrNO/c1-15-11-4-2-3-10-9(11)7-12(13)14(10)8-5-6-8/h2-4,7-8H,5-6H2,1H3. The third-order valence-corrected chi connectivity index (χ3v) is 3.54. The van der Waals surface area contributed by atoms with Crippen LogP contribution in [0, 0.1) is 0 Å². The van der Waals surface area contributed by atoms with Crippen LogP contribution < -0.4 is 4.74 Å². The molecule has 3 heteroatoms. The molecule has 0 amide bonds. The van der Waals surface area contributed by atoms with Gasteiger partial charge in [-0.05, 0) is 47.0 Å². The van der Waals surface area contributed by atoms with Gasteiger partial charge in [0.05, 0.1) is 17.2 Å². The van der Waals surface area contributed by atoms with Crippen molar-refractivity contribution in [1.82, 2.24) is 4.57 Å². The Labute approximate surface area is 97.0 Å². The molecule has 0 unspecified atom stereocenters. The average Bonchev–Trinajstić information content (AvgIpc) is 3.00. The van der Waals surface area contributed by atoms with E-state index < -0.39 is 0 Å². The van der Waals surface area contributed by atoms with Gasteiger partial charge in [0.25, 0.3) is 0 Å². The normalized spacial score (nSPS) is 15.9. The van der Waals surface area contributed by atoms with Crippen LogP contribution in [0.4, 0.5) is 0 Å². The van der Waals surface area contributed by atoms with E-state index >= 15 is 0 Å². The Balaban J connectivity index is 2.31. The maximum atomic E-state index is 5.36. The number of halogens is 1. The molecular formula is C12H12BrNO. The highest BCUT2D eigenvalue weighted by molar-refractivity contribution is 9.10. The molecule has 3 rings (SSSR count). The summed E-state index contributed by atoms with van der Waals surface area (Å²) in [5.41, 5.74) is 1.27. The molecule has 1 aromatic carbocycles. The van der Waals surface area contributed by atoms with E-state index in [0.29, 0.717) is 6.04 Å². The van der Waals surface area contributed by atoms with E-state index in [9.17, 15) is 0 Å². The van der Waals surface area contributed by atoms with Crippen LogP contribution in [-0.2, 0) is 0 Å². The molecule has 1 aliphatic carbocycles. The molecule has 2 aromatic rings. The average molecular weight is 266 g/mol. The SMILES string of the molecule is COc1cccc2c1cc(Br)n2C1CC1. The van der Waals surface area contributed by atoms with Crippen LogP contribution in [0.1, 0.15) is 18.9 Å². The maximum absolute atomic E-state index is 5.36. The van der Waals surface area contributed by atoms with Gasteiger partial charge in [0.1, 0.15) is 5.75 Å². The highest BCUT2D eigenvalue weighted by Gasteiger charge is 2.27. The number of hydrogen-bond donors (Lipinski definition) is 0. The molecule has 0 radical (unpaired) electrons. The van der Waals surface area contributed by atoms with E-state index in [1.165, 1.54) is 23.7 Å². The molecule has 1 fully saturated rings. The Hall–Kier alpha value is -0.960. The Morgan fingerprint density at radius 2 is 2.20 bits per heavy atom. The Morgan fingerprint density at radius 3 is 2.87 bits per heavy atom. The van der Waals surface area contributed by atoms with Crippen molar-refractivity contribution in [1.29, 1.82) is 0 Å². The second kappa shape index (κ2) is 3.27. The van der Waals surface area contributed by atoms with Crippen LogP contribution >= 0.6 is 15.9 Å². The Morgan fingerprint density at radius 1 is 1.40 bits per heavy atom. The van der Waals surface area contributed by atoms with Crippen molar-refractivity contribution in [3.8, 4) is 5.75 Å². The molecule has 0 saturated heterocycles. The maximum Gasteiger partial charge on any atom is 0.128 e. The lowest BCUT2D eigenvalue weighted by Gasteiger charge is -2.05. The zero-order chi connectivity index (χ0) is 10.4. The number of methoxy groups -OCH3 is 1.